The van der Waals surface area contributed by atoms with Gasteiger partial charge in [-0.3, -0.25) is 0 Å². The van der Waals surface area contributed by atoms with Gasteiger partial charge < -0.3 is 5.32 Å². The molecule has 0 atom stereocenters. The molecule has 1 N–H and O–H groups in total. The molecule has 2 aromatic carbocycles. The van der Waals surface area contributed by atoms with Gasteiger partial charge in [0.25, 0.3) is 0 Å². The molecule has 1 heterocycles. The normalized spacial score (nSPS) is 16.8. The molecule has 0 radical (unpaired) electrons. The van der Waals surface area contributed by atoms with Crippen molar-refractivity contribution in [2.24, 2.45) is 0 Å². The summed E-state index contributed by atoms with van der Waals surface area (Å²) in [6, 6.07) is 11.2. The molecule has 1 fully saturated rings. The molecule has 0 saturated carbocycles. The molecule has 1 aliphatic heterocycles. The minimum atomic E-state index is -0.286. The predicted molar refractivity (Wildman–Crippen MR) is 76.1 cm³/mol. The monoisotopic (exact) mass is 293 g/mol. The lowest BCUT2D eigenvalue weighted by Gasteiger charge is -2.43. The van der Waals surface area contributed by atoms with E-state index in [9.17, 15) is 8.78 Å². The van der Waals surface area contributed by atoms with E-state index >= 15 is 0 Å². The molecule has 0 aromatic heterocycles. The quantitative estimate of drug-likeness (QED) is 0.910. The van der Waals surface area contributed by atoms with Gasteiger partial charge >= 0.3 is 0 Å². The molecule has 4 heteroatoms. The van der Waals surface area contributed by atoms with Crippen LogP contribution in [0.15, 0.2) is 42.5 Å². The molecule has 2 aromatic rings. The van der Waals surface area contributed by atoms with Gasteiger partial charge in [0, 0.05) is 23.5 Å². The van der Waals surface area contributed by atoms with E-state index < -0.39 is 0 Å². The van der Waals surface area contributed by atoms with Gasteiger partial charge in [-0.25, -0.2) is 8.78 Å². The summed E-state index contributed by atoms with van der Waals surface area (Å²) in [6.45, 7) is 1.53. The molecule has 0 bridgehead atoms. The summed E-state index contributed by atoms with van der Waals surface area (Å²) in [5.41, 5.74) is 1.51. The zero-order valence-corrected chi connectivity index (χ0v) is 11.6. The third kappa shape index (κ3) is 2.43. The standard InChI is InChI=1S/C16H14ClF2N/c17-13-4-1-11(15(19)7-13)8-16(9-20-10-16)12-2-5-14(18)6-3-12/h1-7,20H,8-10H2. The van der Waals surface area contributed by atoms with E-state index in [1.165, 1.54) is 18.2 Å². The Labute approximate surface area is 121 Å². The summed E-state index contributed by atoms with van der Waals surface area (Å²) in [7, 11) is 0. The van der Waals surface area contributed by atoms with Crippen molar-refractivity contribution in [3.05, 3.63) is 70.2 Å². The second kappa shape index (κ2) is 5.15. The Morgan fingerprint density at radius 3 is 2.30 bits per heavy atom. The van der Waals surface area contributed by atoms with Crippen LogP contribution >= 0.6 is 11.6 Å². The first-order valence-corrected chi connectivity index (χ1v) is 6.88. The van der Waals surface area contributed by atoms with Crippen LogP contribution in [0.2, 0.25) is 5.02 Å². The molecular weight excluding hydrogens is 280 g/mol. The summed E-state index contributed by atoms with van der Waals surface area (Å²) in [5, 5.41) is 3.62. The third-order valence-corrected chi connectivity index (χ3v) is 4.16. The van der Waals surface area contributed by atoms with Crippen molar-refractivity contribution in [2.45, 2.75) is 11.8 Å². The van der Waals surface area contributed by atoms with Gasteiger partial charge in [-0.05, 0) is 41.8 Å². The molecule has 1 saturated heterocycles. The maximum absolute atomic E-state index is 14.0. The van der Waals surface area contributed by atoms with Crippen LogP contribution in [0.25, 0.3) is 0 Å². The van der Waals surface area contributed by atoms with Crippen molar-refractivity contribution in [3.8, 4) is 0 Å². The smallest absolute Gasteiger partial charge is 0.127 e. The average Bonchev–Trinajstić information content (AvgIpc) is 2.37. The van der Waals surface area contributed by atoms with Gasteiger partial charge in [0.2, 0.25) is 0 Å². The average molecular weight is 294 g/mol. The molecule has 1 aliphatic rings. The van der Waals surface area contributed by atoms with Gasteiger partial charge in [0.1, 0.15) is 11.6 Å². The van der Waals surface area contributed by atoms with E-state index in [1.807, 2.05) is 0 Å². The zero-order chi connectivity index (χ0) is 14.2. The van der Waals surface area contributed by atoms with Crippen LogP contribution in [-0.2, 0) is 11.8 Å². The summed E-state index contributed by atoms with van der Waals surface area (Å²) in [5.74, 6) is -0.542. The molecule has 0 unspecified atom stereocenters. The van der Waals surface area contributed by atoms with Crippen LogP contribution < -0.4 is 5.32 Å². The molecule has 1 nitrogen and oxygen atoms in total. The second-order valence-electron chi connectivity index (χ2n) is 5.30. The van der Waals surface area contributed by atoms with Crippen molar-refractivity contribution in [2.75, 3.05) is 13.1 Å². The summed E-state index contributed by atoms with van der Waals surface area (Å²) < 4.78 is 27.0. The van der Waals surface area contributed by atoms with Crippen molar-refractivity contribution in [3.63, 3.8) is 0 Å². The van der Waals surface area contributed by atoms with E-state index in [-0.39, 0.29) is 17.0 Å². The lowest BCUT2D eigenvalue weighted by molar-refractivity contribution is 0.272. The zero-order valence-electron chi connectivity index (χ0n) is 10.8. The number of rotatable bonds is 3. The molecule has 0 amide bonds. The summed E-state index contributed by atoms with van der Waals surface area (Å²) in [6.07, 6.45) is 0.578. The van der Waals surface area contributed by atoms with Crippen molar-refractivity contribution < 1.29 is 8.78 Å². The Morgan fingerprint density at radius 1 is 1.05 bits per heavy atom. The summed E-state index contributed by atoms with van der Waals surface area (Å²) >= 11 is 5.78. The van der Waals surface area contributed by atoms with Gasteiger partial charge in [0.05, 0.1) is 0 Å². The van der Waals surface area contributed by atoms with Gasteiger partial charge in [-0.1, -0.05) is 29.8 Å². The molecule has 0 aliphatic carbocycles. The number of halogens is 3. The minimum absolute atomic E-state index is 0.164. The highest BCUT2D eigenvalue weighted by Gasteiger charge is 2.39. The fraction of sp³-hybridized carbons (Fsp3) is 0.250. The fourth-order valence-electron chi connectivity index (χ4n) is 2.69. The van der Waals surface area contributed by atoms with E-state index in [0.717, 1.165) is 18.7 Å². The maximum Gasteiger partial charge on any atom is 0.127 e. The first kappa shape index (κ1) is 13.5. The maximum atomic E-state index is 14.0. The Balaban J connectivity index is 1.91. The van der Waals surface area contributed by atoms with Crippen molar-refractivity contribution in [1.29, 1.82) is 0 Å². The lowest BCUT2D eigenvalue weighted by Crippen LogP contribution is -2.58. The largest absolute Gasteiger partial charge is 0.315 e. The highest BCUT2D eigenvalue weighted by Crippen LogP contribution is 2.33. The first-order valence-electron chi connectivity index (χ1n) is 6.50. The van der Waals surface area contributed by atoms with Crippen LogP contribution in [0.1, 0.15) is 11.1 Å². The predicted octanol–water partition coefficient (Wildman–Crippen LogP) is 3.70. The second-order valence-corrected chi connectivity index (χ2v) is 5.74. The Kier molecular flexibility index (Phi) is 3.48. The van der Waals surface area contributed by atoms with E-state index in [4.69, 9.17) is 11.6 Å². The van der Waals surface area contributed by atoms with Gasteiger partial charge in [0.15, 0.2) is 0 Å². The Bertz CT molecular complexity index is 621. The number of hydrogen-bond donors (Lipinski definition) is 1. The number of benzene rings is 2. The molecule has 3 rings (SSSR count). The first-order chi connectivity index (χ1) is 9.59. The number of hydrogen-bond acceptors (Lipinski definition) is 1. The van der Waals surface area contributed by atoms with E-state index in [0.29, 0.717) is 17.0 Å². The number of nitrogens with one attached hydrogen (secondary N) is 1. The van der Waals surface area contributed by atoms with E-state index in [2.05, 4.69) is 5.32 Å². The van der Waals surface area contributed by atoms with Crippen LogP contribution in [0.4, 0.5) is 8.78 Å². The Hall–Kier alpha value is -1.45. The van der Waals surface area contributed by atoms with Crippen LogP contribution in [0.3, 0.4) is 0 Å². The molecule has 104 valence electrons. The van der Waals surface area contributed by atoms with Crippen molar-refractivity contribution in [1.82, 2.24) is 5.32 Å². The minimum Gasteiger partial charge on any atom is -0.315 e. The molecule has 0 spiro atoms. The Morgan fingerprint density at radius 2 is 1.75 bits per heavy atom. The highest BCUT2D eigenvalue weighted by atomic mass is 35.5. The topological polar surface area (TPSA) is 12.0 Å². The van der Waals surface area contributed by atoms with Gasteiger partial charge in [-0.2, -0.15) is 0 Å². The highest BCUT2D eigenvalue weighted by molar-refractivity contribution is 6.30. The SMILES string of the molecule is Fc1ccc(C2(Cc3ccc(Cl)cc3F)CNC2)cc1. The van der Waals surface area contributed by atoms with Crippen LogP contribution in [-0.4, -0.2) is 13.1 Å². The fourth-order valence-corrected chi connectivity index (χ4v) is 2.85. The van der Waals surface area contributed by atoms with Crippen LogP contribution in [0, 0.1) is 11.6 Å². The van der Waals surface area contributed by atoms with Gasteiger partial charge in [-0.15, -0.1) is 0 Å². The molecule has 20 heavy (non-hydrogen) atoms. The summed E-state index contributed by atoms with van der Waals surface area (Å²) in [4.78, 5) is 0. The lowest BCUT2D eigenvalue weighted by atomic mass is 9.71. The van der Waals surface area contributed by atoms with E-state index in [1.54, 1.807) is 24.3 Å². The van der Waals surface area contributed by atoms with Crippen molar-refractivity contribution >= 4 is 11.6 Å². The third-order valence-electron chi connectivity index (χ3n) is 3.93. The molecular formula is C16H14ClF2N. The van der Waals surface area contributed by atoms with Crippen LogP contribution in [0.5, 0.6) is 0 Å².